The van der Waals surface area contributed by atoms with Crippen LogP contribution in [0, 0.1) is 0 Å². The van der Waals surface area contributed by atoms with Crippen molar-refractivity contribution in [1.82, 2.24) is 19.4 Å². The van der Waals surface area contributed by atoms with Gasteiger partial charge in [-0.3, -0.25) is 9.36 Å². The zero-order valence-electron chi connectivity index (χ0n) is 11.8. The minimum Gasteiger partial charge on any atom is -0.483 e. The zero-order chi connectivity index (χ0) is 15.0. The van der Waals surface area contributed by atoms with Crippen molar-refractivity contribution in [3.05, 3.63) is 22.7 Å². The molecule has 1 aliphatic rings. The molecule has 21 heavy (non-hydrogen) atoms. The summed E-state index contributed by atoms with van der Waals surface area (Å²) in [6, 6.07) is 1.50. The van der Waals surface area contributed by atoms with E-state index in [0.29, 0.717) is 11.0 Å². The van der Waals surface area contributed by atoms with Crippen molar-refractivity contribution in [1.29, 1.82) is 0 Å². The first-order valence-electron chi connectivity index (χ1n) is 6.66. The Morgan fingerprint density at radius 1 is 1.43 bits per heavy atom. The number of hydrogen-bond donors (Lipinski definition) is 1. The molecule has 0 spiro atoms. The third-order valence-corrected chi connectivity index (χ3v) is 3.70. The molecule has 0 unspecified atom stereocenters. The minimum absolute atomic E-state index is 0.0176. The van der Waals surface area contributed by atoms with Gasteiger partial charge < -0.3 is 9.64 Å². The van der Waals surface area contributed by atoms with Crippen LogP contribution in [0.15, 0.2) is 17.2 Å². The van der Waals surface area contributed by atoms with Crippen LogP contribution < -0.4 is 15.8 Å². The SMILES string of the molecule is CN1CC[C@H](Oc2cc3c(NF)ncnc3n(C)c2=O)C1. The fraction of sp³-hybridized carbons (Fsp3) is 0.462. The number of rotatable bonds is 3. The Labute approximate surface area is 120 Å². The third-order valence-electron chi connectivity index (χ3n) is 3.70. The van der Waals surface area contributed by atoms with Gasteiger partial charge in [-0.1, -0.05) is 0 Å². The van der Waals surface area contributed by atoms with Crippen LogP contribution in [-0.4, -0.2) is 45.7 Å². The molecule has 2 aromatic rings. The second-order valence-corrected chi connectivity index (χ2v) is 5.22. The summed E-state index contributed by atoms with van der Waals surface area (Å²) >= 11 is 0. The molecule has 0 radical (unpaired) electrons. The molecule has 1 atom stereocenters. The molecule has 2 aromatic heterocycles. The maximum Gasteiger partial charge on any atom is 0.294 e. The fourth-order valence-corrected chi connectivity index (χ4v) is 2.57. The predicted molar refractivity (Wildman–Crippen MR) is 76.0 cm³/mol. The number of halogens is 1. The van der Waals surface area contributed by atoms with E-state index in [-0.39, 0.29) is 23.2 Å². The summed E-state index contributed by atoms with van der Waals surface area (Å²) in [6.45, 7) is 1.69. The van der Waals surface area contributed by atoms with Crippen molar-refractivity contribution in [2.24, 2.45) is 7.05 Å². The Bertz CT molecular complexity index is 732. The summed E-state index contributed by atoms with van der Waals surface area (Å²) in [4.78, 5) is 22.3. The highest BCUT2D eigenvalue weighted by molar-refractivity contribution is 5.87. The number of nitrogens with one attached hydrogen (secondary N) is 1. The van der Waals surface area contributed by atoms with E-state index in [1.807, 2.05) is 7.05 Å². The first-order chi connectivity index (χ1) is 10.1. The number of fused-ring (bicyclic) bond motifs is 1. The van der Waals surface area contributed by atoms with Crippen LogP contribution in [-0.2, 0) is 7.05 Å². The number of likely N-dealkylation sites (N-methyl/N-ethyl adjacent to an activating group) is 1. The van der Waals surface area contributed by atoms with Crippen LogP contribution in [0.5, 0.6) is 5.75 Å². The third kappa shape index (κ3) is 2.42. The number of likely N-dealkylation sites (tertiary alicyclic amines) is 1. The zero-order valence-corrected chi connectivity index (χ0v) is 11.8. The molecule has 1 fully saturated rings. The van der Waals surface area contributed by atoms with Crippen LogP contribution in [0.4, 0.5) is 10.3 Å². The monoisotopic (exact) mass is 293 g/mol. The van der Waals surface area contributed by atoms with Gasteiger partial charge in [0.2, 0.25) is 0 Å². The number of nitrogens with zero attached hydrogens (tertiary/aromatic N) is 4. The lowest BCUT2D eigenvalue weighted by Gasteiger charge is -2.15. The number of aryl methyl sites for hydroxylation is 1. The molecular formula is C13H16FN5O2. The summed E-state index contributed by atoms with van der Waals surface area (Å²) in [6.07, 6.45) is 2.03. The molecule has 0 bridgehead atoms. The fourth-order valence-electron chi connectivity index (χ4n) is 2.57. The Balaban J connectivity index is 2.06. The minimum atomic E-state index is -0.291. The van der Waals surface area contributed by atoms with Crippen molar-refractivity contribution in [2.45, 2.75) is 12.5 Å². The molecule has 3 heterocycles. The number of pyridine rings is 1. The Morgan fingerprint density at radius 3 is 2.90 bits per heavy atom. The normalized spacial score (nSPS) is 19.1. The molecule has 1 aliphatic heterocycles. The lowest BCUT2D eigenvalue weighted by molar-refractivity contribution is 0.205. The van der Waals surface area contributed by atoms with Gasteiger partial charge in [0, 0.05) is 26.2 Å². The van der Waals surface area contributed by atoms with Crippen LogP contribution in [0.25, 0.3) is 11.0 Å². The van der Waals surface area contributed by atoms with Gasteiger partial charge in [-0.05, 0) is 13.5 Å². The van der Waals surface area contributed by atoms with Gasteiger partial charge in [-0.25, -0.2) is 15.5 Å². The van der Waals surface area contributed by atoms with Crippen molar-refractivity contribution < 1.29 is 9.22 Å². The van der Waals surface area contributed by atoms with Crippen molar-refractivity contribution >= 4 is 16.9 Å². The highest BCUT2D eigenvalue weighted by Crippen LogP contribution is 2.23. The van der Waals surface area contributed by atoms with E-state index in [1.54, 1.807) is 7.05 Å². The van der Waals surface area contributed by atoms with Gasteiger partial charge in [0.25, 0.3) is 5.56 Å². The molecule has 0 amide bonds. The van der Waals surface area contributed by atoms with E-state index < -0.39 is 0 Å². The van der Waals surface area contributed by atoms with Gasteiger partial charge >= 0.3 is 0 Å². The van der Waals surface area contributed by atoms with Gasteiger partial charge in [-0.2, -0.15) is 0 Å². The topological polar surface area (TPSA) is 72.3 Å². The lowest BCUT2D eigenvalue weighted by Crippen LogP contribution is -2.27. The molecule has 0 aliphatic carbocycles. The highest BCUT2D eigenvalue weighted by atomic mass is 19.2. The summed E-state index contributed by atoms with van der Waals surface area (Å²) in [5, 5.41) is 0.406. The van der Waals surface area contributed by atoms with Gasteiger partial charge in [-0.15, -0.1) is 4.48 Å². The Hall–Kier alpha value is -2.22. The molecule has 112 valence electrons. The predicted octanol–water partition coefficient (Wildman–Crippen LogP) is 0.708. The van der Waals surface area contributed by atoms with Gasteiger partial charge in [0.05, 0.1) is 5.39 Å². The number of hydrogen-bond acceptors (Lipinski definition) is 6. The average Bonchev–Trinajstić information content (AvgIpc) is 2.89. The number of anilines is 1. The van der Waals surface area contributed by atoms with E-state index in [0.717, 1.165) is 19.5 Å². The molecule has 8 heteroatoms. The molecule has 7 nitrogen and oxygen atoms in total. The molecule has 3 rings (SSSR count). The lowest BCUT2D eigenvalue weighted by atomic mass is 10.2. The smallest absolute Gasteiger partial charge is 0.294 e. The molecular weight excluding hydrogens is 277 g/mol. The molecule has 0 saturated carbocycles. The number of aromatic nitrogens is 3. The standard InChI is InChI=1S/C13H16FN5O2/c1-18-4-3-8(6-18)21-10-5-9-11(17-14)15-7-16-12(9)19(2)13(10)20/h5,7-8H,3-4,6H2,1-2H3,(H,15,16,17)/t8-/m0/s1. The highest BCUT2D eigenvalue weighted by Gasteiger charge is 2.23. The van der Waals surface area contributed by atoms with Crippen LogP contribution >= 0.6 is 0 Å². The average molecular weight is 293 g/mol. The first-order valence-corrected chi connectivity index (χ1v) is 6.66. The second kappa shape index (κ2) is 5.28. The number of ether oxygens (including phenoxy) is 1. The van der Waals surface area contributed by atoms with Crippen molar-refractivity contribution in [2.75, 3.05) is 25.7 Å². The molecule has 0 aromatic carbocycles. The van der Waals surface area contributed by atoms with E-state index in [2.05, 4.69) is 14.9 Å². The van der Waals surface area contributed by atoms with E-state index in [4.69, 9.17) is 4.74 Å². The summed E-state index contributed by atoms with van der Waals surface area (Å²) in [7, 11) is 3.58. The summed E-state index contributed by atoms with van der Waals surface area (Å²) in [5.41, 5.74) is 1.58. The first kappa shape index (κ1) is 13.7. The van der Waals surface area contributed by atoms with Gasteiger partial charge in [0.1, 0.15) is 18.1 Å². The van der Waals surface area contributed by atoms with Crippen LogP contribution in [0.2, 0.25) is 0 Å². The summed E-state index contributed by atoms with van der Waals surface area (Å²) < 4.78 is 19.9. The summed E-state index contributed by atoms with van der Waals surface area (Å²) in [5.74, 6) is 0.209. The van der Waals surface area contributed by atoms with E-state index in [9.17, 15) is 9.28 Å². The van der Waals surface area contributed by atoms with Crippen LogP contribution in [0.1, 0.15) is 6.42 Å². The maximum atomic E-state index is 12.8. The van der Waals surface area contributed by atoms with E-state index in [1.165, 1.54) is 22.5 Å². The Morgan fingerprint density at radius 2 is 2.24 bits per heavy atom. The maximum absolute atomic E-state index is 12.8. The van der Waals surface area contributed by atoms with Gasteiger partial charge in [0.15, 0.2) is 11.6 Å². The van der Waals surface area contributed by atoms with Crippen molar-refractivity contribution in [3.63, 3.8) is 0 Å². The quantitative estimate of drug-likeness (QED) is 0.840. The largest absolute Gasteiger partial charge is 0.483 e. The molecule has 1 saturated heterocycles. The van der Waals surface area contributed by atoms with Crippen LogP contribution in [0.3, 0.4) is 0 Å². The second-order valence-electron chi connectivity index (χ2n) is 5.22. The van der Waals surface area contributed by atoms with Crippen molar-refractivity contribution in [3.8, 4) is 5.75 Å². The van der Waals surface area contributed by atoms with E-state index >= 15 is 0 Å². The Kier molecular flexibility index (Phi) is 3.46. The molecule has 1 N–H and O–H groups in total.